The van der Waals surface area contributed by atoms with Gasteiger partial charge in [0.05, 0.1) is 18.6 Å². The number of hydrogen-bond donors (Lipinski definition) is 0. The molecule has 1 aromatic rings. The van der Waals surface area contributed by atoms with Crippen molar-refractivity contribution in [3.8, 4) is 11.5 Å². The average Bonchev–Trinajstić information content (AvgIpc) is 3.02. The van der Waals surface area contributed by atoms with Gasteiger partial charge in [-0.2, -0.15) is 0 Å². The molecule has 0 N–H and O–H groups in total. The highest BCUT2D eigenvalue weighted by atomic mass is 35.5. The summed E-state index contributed by atoms with van der Waals surface area (Å²) in [4.78, 5) is 0. The summed E-state index contributed by atoms with van der Waals surface area (Å²) in [5.41, 5.74) is 1.18. The number of ether oxygens (including phenoxy) is 2. The van der Waals surface area contributed by atoms with Gasteiger partial charge in [0.15, 0.2) is 11.5 Å². The summed E-state index contributed by atoms with van der Waals surface area (Å²) in [6.07, 6.45) is 7.80. The van der Waals surface area contributed by atoms with E-state index < -0.39 is 0 Å². The fourth-order valence-electron chi connectivity index (χ4n) is 4.44. The van der Waals surface area contributed by atoms with Crippen molar-refractivity contribution in [2.75, 3.05) is 13.2 Å². The van der Waals surface area contributed by atoms with Crippen molar-refractivity contribution < 1.29 is 9.47 Å². The lowest BCUT2D eigenvalue weighted by molar-refractivity contribution is 0.296. The molecule has 0 radical (unpaired) electrons. The van der Waals surface area contributed by atoms with Crippen LogP contribution in [-0.2, 0) is 0 Å². The summed E-state index contributed by atoms with van der Waals surface area (Å²) in [6.45, 7) is 1.47. The number of hydrogen-bond acceptors (Lipinski definition) is 2. The fraction of sp³-hybridized carbons (Fsp3) is 0.667. The summed E-state index contributed by atoms with van der Waals surface area (Å²) in [5.74, 6) is 4.50. The van der Waals surface area contributed by atoms with E-state index in [1.165, 1.54) is 31.2 Å². The molecule has 2 saturated carbocycles. The van der Waals surface area contributed by atoms with E-state index >= 15 is 0 Å². The van der Waals surface area contributed by atoms with Crippen LogP contribution in [-0.4, -0.2) is 13.2 Å². The van der Waals surface area contributed by atoms with Crippen LogP contribution < -0.4 is 9.47 Å². The maximum Gasteiger partial charge on any atom is 0.161 e. The third kappa shape index (κ3) is 2.75. The number of alkyl halides is 1. The predicted molar refractivity (Wildman–Crippen MR) is 84.2 cm³/mol. The van der Waals surface area contributed by atoms with Gasteiger partial charge in [-0.3, -0.25) is 0 Å². The van der Waals surface area contributed by atoms with Gasteiger partial charge in [0.25, 0.3) is 0 Å². The normalized spacial score (nSPS) is 32.0. The summed E-state index contributed by atoms with van der Waals surface area (Å²) < 4.78 is 11.5. The molecule has 2 bridgehead atoms. The monoisotopic (exact) mass is 306 g/mol. The Bertz CT molecular complexity index is 516. The van der Waals surface area contributed by atoms with Crippen LogP contribution in [0.25, 0.3) is 0 Å². The van der Waals surface area contributed by atoms with E-state index in [-0.39, 0.29) is 5.38 Å². The van der Waals surface area contributed by atoms with Crippen molar-refractivity contribution in [3.05, 3.63) is 23.8 Å². The van der Waals surface area contributed by atoms with Crippen molar-refractivity contribution in [3.63, 3.8) is 0 Å². The lowest BCUT2D eigenvalue weighted by Gasteiger charge is -2.24. The van der Waals surface area contributed by atoms with Crippen LogP contribution in [0.15, 0.2) is 18.2 Å². The minimum Gasteiger partial charge on any atom is -0.490 e. The first-order valence-electron chi connectivity index (χ1n) is 8.33. The number of halogens is 1. The molecule has 114 valence electrons. The molecule has 21 heavy (non-hydrogen) atoms. The standard InChI is InChI=1S/C18H23ClO2/c19-16(10-15-9-12-2-3-13(15)8-12)14-4-5-17-18(11-14)21-7-1-6-20-17/h4-5,11-13,15-16H,1-3,6-10H2. The summed E-state index contributed by atoms with van der Waals surface area (Å²) in [7, 11) is 0. The van der Waals surface area contributed by atoms with Crippen LogP contribution in [0.1, 0.15) is 49.5 Å². The van der Waals surface area contributed by atoms with E-state index in [0.717, 1.165) is 55.3 Å². The van der Waals surface area contributed by atoms with Gasteiger partial charge in [0, 0.05) is 6.42 Å². The Labute approximate surface area is 131 Å². The smallest absolute Gasteiger partial charge is 0.161 e. The zero-order valence-electron chi connectivity index (χ0n) is 12.4. The van der Waals surface area contributed by atoms with Crippen LogP contribution in [0.5, 0.6) is 11.5 Å². The minimum absolute atomic E-state index is 0.103. The van der Waals surface area contributed by atoms with Gasteiger partial charge < -0.3 is 9.47 Å². The van der Waals surface area contributed by atoms with Gasteiger partial charge in [-0.05, 0) is 61.1 Å². The largest absolute Gasteiger partial charge is 0.490 e. The first kappa shape index (κ1) is 13.8. The molecular weight excluding hydrogens is 284 g/mol. The van der Waals surface area contributed by atoms with Crippen molar-refractivity contribution >= 4 is 11.6 Å². The molecule has 4 rings (SSSR count). The molecule has 3 aliphatic rings. The van der Waals surface area contributed by atoms with Crippen molar-refractivity contribution in [1.82, 2.24) is 0 Å². The number of benzene rings is 1. The second kappa shape index (κ2) is 5.72. The second-order valence-electron chi connectivity index (χ2n) is 6.89. The molecule has 2 fully saturated rings. The molecule has 0 saturated heterocycles. The van der Waals surface area contributed by atoms with Crippen LogP contribution in [0.2, 0.25) is 0 Å². The molecule has 4 atom stereocenters. The molecule has 1 aromatic carbocycles. The Kier molecular flexibility index (Phi) is 3.74. The molecule has 4 unspecified atom stereocenters. The lowest BCUT2D eigenvalue weighted by Crippen LogP contribution is -2.12. The summed E-state index contributed by atoms with van der Waals surface area (Å²) >= 11 is 6.71. The van der Waals surface area contributed by atoms with Crippen LogP contribution in [0.4, 0.5) is 0 Å². The zero-order valence-corrected chi connectivity index (χ0v) is 13.1. The third-order valence-electron chi connectivity index (χ3n) is 5.53. The SMILES string of the molecule is ClC(CC1CC2CCC1C2)c1ccc2c(c1)OCCCO2. The van der Waals surface area contributed by atoms with Gasteiger partial charge >= 0.3 is 0 Å². The molecule has 3 heteroatoms. The van der Waals surface area contributed by atoms with Gasteiger partial charge in [0.1, 0.15) is 0 Å². The predicted octanol–water partition coefficient (Wildman–Crippen LogP) is 4.95. The molecule has 2 aliphatic carbocycles. The summed E-state index contributed by atoms with van der Waals surface area (Å²) in [6, 6.07) is 6.22. The van der Waals surface area contributed by atoms with E-state index in [9.17, 15) is 0 Å². The Morgan fingerprint density at radius 3 is 2.71 bits per heavy atom. The number of fused-ring (bicyclic) bond motifs is 3. The van der Waals surface area contributed by atoms with Gasteiger partial charge in [-0.25, -0.2) is 0 Å². The Morgan fingerprint density at radius 1 is 1.10 bits per heavy atom. The first-order chi connectivity index (χ1) is 10.3. The maximum atomic E-state index is 6.71. The van der Waals surface area contributed by atoms with Crippen LogP contribution in [0, 0.1) is 17.8 Å². The first-order valence-corrected chi connectivity index (χ1v) is 8.77. The van der Waals surface area contributed by atoms with Crippen LogP contribution in [0.3, 0.4) is 0 Å². The van der Waals surface area contributed by atoms with E-state index in [2.05, 4.69) is 12.1 Å². The zero-order chi connectivity index (χ0) is 14.2. The van der Waals surface area contributed by atoms with E-state index in [1.54, 1.807) is 0 Å². The van der Waals surface area contributed by atoms with Gasteiger partial charge in [0.2, 0.25) is 0 Å². The molecule has 1 aliphatic heterocycles. The third-order valence-corrected chi connectivity index (χ3v) is 5.96. The maximum absolute atomic E-state index is 6.71. The average molecular weight is 307 g/mol. The topological polar surface area (TPSA) is 18.5 Å². The van der Waals surface area contributed by atoms with E-state index in [0.29, 0.717) is 0 Å². The Hall–Kier alpha value is -0.890. The summed E-state index contributed by atoms with van der Waals surface area (Å²) in [5, 5.41) is 0.103. The molecule has 0 amide bonds. The van der Waals surface area contributed by atoms with Crippen molar-refractivity contribution in [1.29, 1.82) is 0 Å². The molecular formula is C18H23ClO2. The molecule has 0 aromatic heterocycles. The van der Waals surface area contributed by atoms with Crippen molar-refractivity contribution in [2.24, 2.45) is 17.8 Å². The highest BCUT2D eigenvalue weighted by molar-refractivity contribution is 6.20. The van der Waals surface area contributed by atoms with Crippen molar-refractivity contribution in [2.45, 2.75) is 43.9 Å². The highest BCUT2D eigenvalue weighted by Crippen LogP contribution is 2.52. The molecule has 1 heterocycles. The van der Waals surface area contributed by atoms with Gasteiger partial charge in [-0.15, -0.1) is 11.6 Å². The Morgan fingerprint density at radius 2 is 1.95 bits per heavy atom. The number of rotatable bonds is 3. The highest BCUT2D eigenvalue weighted by Gasteiger charge is 2.40. The quantitative estimate of drug-likeness (QED) is 0.735. The Balaban J connectivity index is 1.46. The van der Waals surface area contributed by atoms with Crippen LogP contribution >= 0.6 is 11.6 Å². The van der Waals surface area contributed by atoms with Gasteiger partial charge in [-0.1, -0.05) is 12.5 Å². The minimum atomic E-state index is 0.103. The molecule has 2 nitrogen and oxygen atoms in total. The molecule has 0 spiro atoms. The fourth-order valence-corrected chi connectivity index (χ4v) is 4.81. The second-order valence-corrected chi connectivity index (χ2v) is 7.42. The lowest BCUT2D eigenvalue weighted by atomic mass is 9.84. The van der Waals surface area contributed by atoms with E-state index in [4.69, 9.17) is 21.1 Å². The van der Waals surface area contributed by atoms with E-state index in [1.807, 2.05) is 6.07 Å².